The van der Waals surface area contributed by atoms with E-state index in [2.05, 4.69) is 4.52 Å². The Morgan fingerprint density at radius 2 is 1.91 bits per heavy atom. The quantitative estimate of drug-likeness (QED) is 0.332. The van der Waals surface area contributed by atoms with Crippen LogP contribution in [0.5, 0.6) is 0 Å². The smallest absolute Gasteiger partial charge is 0.359 e. The fourth-order valence-electron chi connectivity index (χ4n) is 0.750. The second-order valence-electron chi connectivity index (χ2n) is 2.33. The molecule has 0 aliphatic carbocycles. The summed E-state index contributed by atoms with van der Waals surface area (Å²) < 4.78 is 14.9. The number of hydrogen-bond donors (Lipinski definition) is 4. The van der Waals surface area contributed by atoms with E-state index in [1.165, 1.54) is 0 Å². The molecule has 0 bridgehead atoms. The molecule has 1 rings (SSSR count). The van der Waals surface area contributed by atoms with Gasteiger partial charge in [0.2, 0.25) is 0 Å². The van der Waals surface area contributed by atoms with Crippen molar-refractivity contribution in [1.82, 2.24) is 0 Å². The zero-order valence-electron chi connectivity index (χ0n) is 5.49. The molecular weight excluding hydrogens is 175 g/mol. The van der Waals surface area contributed by atoms with Crippen LogP contribution in [0.1, 0.15) is 0 Å². The highest BCUT2D eigenvalue weighted by Gasteiger charge is 2.45. The van der Waals surface area contributed by atoms with Crippen LogP contribution in [-0.2, 0) is 9.09 Å². The Labute approximate surface area is 62.6 Å². The van der Waals surface area contributed by atoms with Gasteiger partial charge in [-0.2, -0.15) is 0 Å². The highest BCUT2D eigenvalue weighted by Crippen LogP contribution is 2.50. The van der Waals surface area contributed by atoms with Crippen molar-refractivity contribution in [2.45, 2.75) is 18.1 Å². The molecule has 4 N–H and O–H groups in total. The van der Waals surface area contributed by atoms with E-state index in [4.69, 9.17) is 20.2 Å². The molecule has 11 heavy (non-hydrogen) atoms. The summed E-state index contributed by atoms with van der Waals surface area (Å²) in [6, 6.07) is 0. The van der Waals surface area contributed by atoms with Crippen LogP contribution in [0, 0.1) is 0 Å². The highest BCUT2D eigenvalue weighted by atomic mass is 31.2. The molecule has 0 aromatic rings. The van der Waals surface area contributed by atoms with Gasteiger partial charge in [-0.15, -0.1) is 0 Å². The van der Waals surface area contributed by atoms with Gasteiger partial charge in [-0.1, -0.05) is 0 Å². The van der Waals surface area contributed by atoms with Gasteiger partial charge in [0, 0.05) is 0 Å². The van der Waals surface area contributed by atoms with Crippen LogP contribution in [0.3, 0.4) is 0 Å². The predicted octanol–water partition coefficient (Wildman–Crippen LogP) is -1.76. The van der Waals surface area contributed by atoms with Crippen molar-refractivity contribution in [3.8, 4) is 0 Å². The Morgan fingerprint density at radius 3 is 2.36 bits per heavy atom. The lowest BCUT2D eigenvalue weighted by molar-refractivity contribution is -0.0781. The summed E-state index contributed by atoms with van der Waals surface area (Å²) >= 11 is 0. The van der Waals surface area contributed by atoms with Crippen LogP contribution >= 0.6 is 7.60 Å². The third kappa shape index (κ3) is 1.61. The van der Waals surface area contributed by atoms with Gasteiger partial charge in [-0.3, -0.25) is 4.57 Å². The lowest BCUT2D eigenvalue weighted by atomic mass is 10.2. The van der Waals surface area contributed by atoms with E-state index in [-0.39, 0.29) is 0 Å². The summed E-state index contributed by atoms with van der Waals surface area (Å²) in [6.45, 7) is -0.438. The average Bonchev–Trinajstić information content (AvgIpc) is 1.95. The zero-order valence-corrected chi connectivity index (χ0v) is 6.39. The van der Waals surface area contributed by atoms with Crippen molar-refractivity contribution >= 4 is 7.60 Å². The Kier molecular flexibility index (Phi) is 2.34. The van der Waals surface area contributed by atoms with Crippen molar-refractivity contribution in [3.05, 3.63) is 0 Å². The van der Waals surface area contributed by atoms with Gasteiger partial charge in [0.05, 0.1) is 6.61 Å². The van der Waals surface area contributed by atoms with E-state index in [1.807, 2.05) is 0 Å². The van der Waals surface area contributed by atoms with E-state index < -0.39 is 32.3 Å². The summed E-state index contributed by atoms with van der Waals surface area (Å²) in [7, 11) is -4.13. The SMILES string of the molecule is O=P1(O)OC[C@@H](O)[C@H](O)[C@H]1O. The minimum Gasteiger partial charge on any atom is -0.388 e. The van der Waals surface area contributed by atoms with E-state index in [0.717, 1.165) is 0 Å². The second-order valence-corrected chi connectivity index (χ2v) is 4.25. The second kappa shape index (κ2) is 2.82. The van der Waals surface area contributed by atoms with Crippen LogP contribution in [0.2, 0.25) is 0 Å². The molecule has 4 atom stereocenters. The molecular formula is C4H9O6P. The van der Waals surface area contributed by atoms with Crippen molar-refractivity contribution in [2.24, 2.45) is 0 Å². The molecule has 0 aromatic carbocycles. The minimum absolute atomic E-state index is 0.438. The molecule has 0 aromatic heterocycles. The monoisotopic (exact) mass is 184 g/mol. The zero-order chi connectivity index (χ0) is 8.65. The maximum atomic E-state index is 10.7. The predicted molar refractivity (Wildman–Crippen MR) is 33.8 cm³/mol. The van der Waals surface area contributed by atoms with Gasteiger partial charge in [-0.25, -0.2) is 0 Å². The molecule has 1 unspecified atom stereocenters. The molecule has 0 radical (unpaired) electrons. The standard InChI is InChI=1S/C4H9O6P/c5-2-1-10-11(8,9)4(7)3(2)6/h2-7H,1H2,(H,8,9)/t2-,3+,4+/m1/s1. The van der Waals surface area contributed by atoms with Crippen LogP contribution in [-0.4, -0.2) is 44.9 Å². The van der Waals surface area contributed by atoms with Gasteiger partial charge in [0.25, 0.3) is 0 Å². The van der Waals surface area contributed by atoms with Crippen molar-refractivity contribution < 1.29 is 29.3 Å². The average molecular weight is 184 g/mol. The van der Waals surface area contributed by atoms with Crippen LogP contribution in [0.15, 0.2) is 0 Å². The first-order valence-electron chi connectivity index (χ1n) is 2.96. The third-order valence-electron chi connectivity index (χ3n) is 1.46. The molecule has 1 heterocycles. The number of aliphatic hydroxyl groups is 3. The molecule has 1 fully saturated rings. The van der Waals surface area contributed by atoms with E-state index in [9.17, 15) is 4.57 Å². The van der Waals surface area contributed by atoms with Crippen molar-refractivity contribution in [3.63, 3.8) is 0 Å². The maximum absolute atomic E-state index is 10.7. The molecule has 1 aliphatic rings. The van der Waals surface area contributed by atoms with E-state index in [1.54, 1.807) is 0 Å². The summed E-state index contributed by atoms with van der Waals surface area (Å²) in [5, 5.41) is 26.5. The first kappa shape index (κ1) is 9.12. The summed E-state index contributed by atoms with van der Waals surface area (Å²) in [5.74, 6) is -1.91. The van der Waals surface area contributed by atoms with Gasteiger partial charge in [0.15, 0.2) is 5.85 Å². The minimum atomic E-state index is -4.13. The van der Waals surface area contributed by atoms with Crippen molar-refractivity contribution in [1.29, 1.82) is 0 Å². The molecule has 6 nitrogen and oxygen atoms in total. The van der Waals surface area contributed by atoms with Crippen LogP contribution in [0.25, 0.3) is 0 Å². The lowest BCUT2D eigenvalue weighted by Gasteiger charge is -2.31. The maximum Gasteiger partial charge on any atom is 0.359 e. The molecule has 66 valence electrons. The lowest BCUT2D eigenvalue weighted by Crippen LogP contribution is -2.44. The van der Waals surface area contributed by atoms with Crippen LogP contribution in [0.4, 0.5) is 0 Å². The van der Waals surface area contributed by atoms with Gasteiger partial charge < -0.3 is 24.7 Å². The number of aliphatic hydroxyl groups excluding tert-OH is 3. The third-order valence-corrected chi connectivity index (χ3v) is 2.96. The Bertz CT molecular complexity index is 193. The fourth-order valence-corrected chi connectivity index (χ4v) is 1.85. The Morgan fingerprint density at radius 1 is 1.36 bits per heavy atom. The highest BCUT2D eigenvalue weighted by molar-refractivity contribution is 7.53. The summed E-state index contributed by atoms with van der Waals surface area (Å²) in [4.78, 5) is 8.74. The molecule has 7 heteroatoms. The molecule has 1 saturated heterocycles. The first-order valence-corrected chi connectivity index (χ1v) is 4.61. The Hall–Kier alpha value is 0.0300. The summed E-state index contributed by atoms with van der Waals surface area (Å²) in [5.41, 5.74) is 0. The normalized spacial score (nSPS) is 52.5. The van der Waals surface area contributed by atoms with Gasteiger partial charge >= 0.3 is 7.60 Å². The van der Waals surface area contributed by atoms with E-state index >= 15 is 0 Å². The largest absolute Gasteiger partial charge is 0.388 e. The molecule has 1 aliphatic heterocycles. The van der Waals surface area contributed by atoms with Crippen molar-refractivity contribution in [2.75, 3.05) is 6.61 Å². The Balaban J connectivity index is 2.75. The van der Waals surface area contributed by atoms with E-state index in [0.29, 0.717) is 0 Å². The van der Waals surface area contributed by atoms with Gasteiger partial charge in [0.1, 0.15) is 12.2 Å². The van der Waals surface area contributed by atoms with Crippen LogP contribution < -0.4 is 0 Å². The molecule has 0 amide bonds. The number of hydrogen-bond acceptors (Lipinski definition) is 5. The molecule has 0 saturated carbocycles. The van der Waals surface area contributed by atoms with Gasteiger partial charge in [-0.05, 0) is 0 Å². The summed E-state index contributed by atoms with van der Waals surface area (Å²) in [6.07, 6.45) is -2.92. The molecule has 0 spiro atoms. The fraction of sp³-hybridized carbons (Fsp3) is 1.00. The topological polar surface area (TPSA) is 107 Å². The first-order chi connectivity index (χ1) is 4.95. The number of rotatable bonds is 0.